The van der Waals surface area contributed by atoms with E-state index in [0.29, 0.717) is 22.4 Å². The van der Waals surface area contributed by atoms with Gasteiger partial charge in [-0.05, 0) is 42.4 Å². The molecule has 3 aromatic rings. The molecule has 0 N–H and O–H groups in total. The van der Waals surface area contributed by atoms with Crippen molar-refractivity contribution >= 4 is 33.3 Å². The van der Waals surface area contributed by atoms with Gasteiger partial charge in [0.05, 0.1) is 5.39 Å². The maximum atomic E-state index is 13.8. The van der Waals surface area contributed by atoms with Crippen LogP contribution in [0.25, 0.3) is 10.2 Å². The van der Waals surface area contributed by atoms with Crippen molar-refractivity contribution in [3.8, 4) is 0 Å². The number of nitrogens with zero attached hydrogens (tertiary/aromatic N) is 2. The van der Waals surface area contributed by atoms with Crippen LogP contribution in [0.3, 0.4) is 0 Å². The van der Waals surface area contributed by atoms with Crippen LogP contribution in [0.5, 0.6) is 0 Å². The number of aromatic nitrogens is 2. The number of hydrogen-bond donors (Lipinski definition) is 0. The lowest BCUT2D eigenvalue weighted by Crippen LogP contribution is -2.21. The van der Waals surface area contributed by atoms with E-state index in [2.05, 4.69) is 6.92 Å². The molecule has 0 spiro atoms. The largest absolute Gasteiger partial charge is 0.290 e. The van der Waals surface area contributed by atoms with Gasteiger partial charge in [-0.1, -0.05) is 36.9 Å². The summed E-state index contributed by atoms with van der Waals surface area (Å²) in [6.45, 7) is 2.26. The number of halogens is 1. The summed E-state index contributed by atoms with van der Waals surface area (Å²) in [5, 5.41) is 1.44. The minimum absolute atomic E-state index is 0.0214. The van der Waals surface area contributed by atoms with Gasteiger partial charge < -0.3 is 0 Å². The second-order valence-electron chi connectivity index (χ2n) is 6.67. The molecule has 0 bridgehead atoms. The number of rotatable bonds is 3. The van der Waals surface area contributed by atoms with E-state index in [1.54, 1.807) is 35.1 Å². The molecule has 130 valence electrons. The highest BCUT2D eigenvalue weighted by molar-refractivity contribution is 7.98. The molecule has 0 unspecified atom stereocenters. The molecule has 2 aromatic heterocycles. The Kier molecular flexibility index (Phi) is 4.41. The van der Waals surface area contributed by atoms with Crippen molar-refractivity contribution in [2.24, 2.45) is 13.0 Å². The maximum Gasteiger partial charge on any atom is 0.262 e. The zero-order chi connectivity index (χ0) is 17.6. The van der Waals surface area contributed by atoms with E-state index in [9.17, 15) is 9.18 Å². The predicted molar refractivity (Wildman–Crippen MR) is 102 cm³/mol. The number of fused-ring (bicyclic) bond motifs is 3. The van der Waals surface area contributed by atoms with Gasteiger partial charge >= 0.3 is 0 Å². The summed E-state index contributed by atoms with van der Waals surface area (Å²) in [6, 6.07) is 6.73. The van der Waals surface area contributed by atoms with E-state index >= 15 is 0 Å². The van der Waals surface area contributed by atoms with Gasteiger partial charge in [-0.2, -0.15) is 0 Å². The molecule has 25 heavy (non-hydrogen) atoms. The lowest BCUT2D eigenvalue weighted by Gasteiger charge is -2.17. The standard InChI is InChI=1S/C19H19FN2OS2/c1-11-7-8-13-15(9-11)25-17-16(13)18(23)22(2)19(21-17)24-10-12-5-3-4-6-14(12)20/h3-6,11H,7-10H2,1-2H3/t11-/m1/s1. The molecule has 3 nitrogen and oxygen atoms in total. The zero-order valence-corrected chi connectivity index (χ0v) is 15.8. The lowest BCUT2D eigenvalue weighted by atomic mass is 9.89. The highest BCUT2D eigenvalue weighted by Gasteiger charge is 2.24. The zero-order valence-electron chi connectivity index (χ0n) is 14.2. The molecule has 4 rings (SSSR count). The third-order valence-electron chi connectivity index (χ3n) is 4.81. The summed E-state index contributed by atoms with van der Waals surface area (Å²) in [5.74, 6) is 0.904. The van der Waals surface area contributed by atoms with Gasteiger partial charge in [0.2, 0.25) is 0 Å². The molecule has 0 aliphatic heterocycles. The Labute approximate surface area is 153 Å². The van der Waals surface area contributed by atoms with Crippen molar-refractivity contribution < 1.29 is 4.39 Å². The van der Waals surface area contributed by atoms with Gasteiger partial charge in [0.25, 0.3) is 5.56 Å². The van der Waals surface area contributed by atoms with Gasteiger partial charge in [-0.3, -0.25) is 9.36 Å². The van der Waals surface area contributed by atoms with Crippen molar-refractivity contribution in [3.05, 3.63) is 56.4 Å². The average molecular weight is 375 g/mol. The Hall–Kier alpha value is -1.66. The normalized spacial score (nSPS) is 17.0. The first-order valence-corrected chi connectivity index (χ1v) is 10.2. The summed E-state index contributed by atoms with van der Waals surface area (Å²) in [6.07, 6.45) is 3.14. The second-order valence-corrected chi connectivity index (χ2v) is 8.70. The van der Waals surface area contributed by atoms with Crippen molar-refractivity contribution in [3.63, 3.8) is 0 Å². The molecule has 1 aromatic carbocycles. The molecule has 1 atom stereocenters. The molecule has 2 heterocycles. The summed E-state index contributed by atoms with van der Waals surface area (Å²) >= 11 is 3.06. The molecule has 0 radical (unpaired) electrons. The first-order chi connectivity index (χ1) is 12.0. The summed E-state index contributed by atoms with van der Waals surface area (Å²) < 4.78 is 15.4. The molecule has 6 heteroatoms. The Balaban J connectivity index is 1.72. The smallest absolute Gasteiger partial charge is 0.262 e. The Morgan fingerprint density at radius 2 is 2.20 bits per heavy atom. The van der Waals surface area contributed by atoms with E-state index in [-0.39, 0.29) is 11.4 Å². The van der Waals surface area contributed by atoms with E-state index in [1.165, 1.54) is 28.3 Å². The van der Waals surface area contributed by atoms with E-state index in [4.69, 9.17) is 4.98 Å². The Morgan fingerprint density at radius 3 is 3.00 bits per heavy atom. The first kappa shape index (κ1) is 16.8. The number of hydrogen-bond acceptors (Lipinski definition) is 4. The van der Waals surface area contributed by atoms with Crippen LogP contribution < -0.4 is 5.56 Å². The summed E-state index contributed by atoms with van der Waals surface area (Å²) in [5.41, 5.74) is 1.85. The molecule has 1 aliphatic rings. The molecular formula is C19H19FN2OS2. The van der Waals surface area contributed by atoms with Crippen molar-refractivity contribution in [1.82, 2.24) is 9.55 Å². The summed E-state index contributed by atoms with van der Waals surface area (Å²) in [7, 11) is 1.76. The van der Waals surface area contributed by atoms with Crippen LogP contribution in [0, 0.1) is 11.7 Å². The highest BCUT2D eigenvalue weighted by Crippen LogP contribution is 2.36. The lowest BCUT2D eigenvalue weighted by molar-refractivity contribution is 0.509. The fraction of sp³-hybridized carbons (Fsp3) is 0.368. The minimum Gasteiger partial charge on any atom is -0.290 e. The third-order valence-corrected chi connectivity index (χ3v) is 7.04. The number of benzene rings is 1. The second kappa shape index (κ2) is 6.57. The highest BCUT2D eigenvalue weighted by atomic mass is 32.2. The van der Waals surface area contributed by atoms with E-state index < -0.39 is 0 Å². The van der Waals surface area contributed by atoms with Crippen LogP contribution in [0.4, 0.5) is 4.39 Å². The van der Waals surface area contributed by atoms with Crippen LogP contribution in [-0.4, -0.2) is 9.55 Å². The number of aryl methyl sites for hydroxylation is 1. The van der Waals surface area contributed by atoms with Gasteiger partial charge in [0, 0.05) is 17.7 Å². The van der Waals surface area contributed by atoms with Crippen LogP contribution in [-0.2, 0) is 25.6 Å². The SMILES string of the molecule is C[C@@H]1CCc2c(sc3nc(SCc4ccccc4F)n(C)c(=O)c23)C1. The maximum absolute atomic E-state index is 13.8. The van der Waals surface area contributed by atoms with Crippen LogP contribution >= 0.6 is 23.1 Å². The van der Waals surface area contributed by atoms with Crippen molar-refractivity contribution in [1.29, 1.82) is 0 Å². The molecular weight excluding hydrogens is 355 g/mol. The number of thioether (sulfide) groups is 1. The quantitative estimate of drug-likeness (QED) is 0.498. The molecule has 0 saturated heterocycles. The monoisotopic (exact) mass is 374 g/mol. The Bertz CT molecular complexity index is 1010. The van der Waals surface area contributed by atoms with E-state index in [1.807, 2.05) is 6.07 Å². The fourth-order valence-corrected chi connectivity index (χ4v) is 5.72. The van der Waals surface area contributed by atoms with E-state index in [0.717, 1.165) is 29.5 Å². The molecule has 0 amide bonds. The fourth-order valence-electron chi connectivity index (χ4n) is 3.34. The van der Waals surface area contributed by atoms with Gasteiger partial charge in [-0.25, -0.2) is 9.37 Å². The average Bonchev–Trinajstić information content (AvgIpc) is 2.95. The van der Waals surface area contributed by atoms with Crippen LogP contribution in [0.15, 0.2) is 34.2 Å². The first-order valence-electron chi connectivity index (χ1n) is 8.42. The summed E-state index contributed by atoms with van der Waals surface area (Å²) in [4.78, 5) is 19.8. The predicted octanol–water partition coefficient (Wildman–Crippen LogP) is 4.55. The molecule has 0 fully saturated rings. The van der Waals surface area contributed by atoms with Crippen LogP contribution in [0.1, 0.15) is 29.3 Å². The minimum atomic E-state index is -0.221. The Morgan fingerprint density at radius 1 is 1.40 bits per heavy atom. The number of thiophene rings is 1. The third kappa shape index (κ3) is 3.02. The van der Waals surface area contributed by atoms with Crippen LogP contribution in [0.2, 0.25) is 0 Å². The van der Waals surface area contributed by atoms with Gasteiger partial charge in [-0.15, -0.1) is 11.3 Å². The van der Waals surface area contributed by atoms with Gasteiger partial charge in [0.15, 0.2) is 5.16 Å². The topological polar surface area (TPSA) is 34.9 Å². The van der Waals surface area contributed by atoms with Crippen molar-refractivity contribution in [2.45, 2.75) is 37.1 Å². The van der Waals surface area contributed by atoms with Crippen molar-refractivity contribution in [2.75, 3.05) is 0 Å². The molecule has 1 aliphatic carbocycles. The molecule has 0 saturated carbocycles. The van der Waals surface area contributed by atoms with Gasteiger partial charge in [0.1, 0.15) is 10.6 Å².